The molecule has 124 valence electrons. The van der Waals surface area contributed by atoms with E-state index in [0.29, 0.717) is 25.7 Å². The van der Waals surface area contributed by atoms with Crippen LogP contribution < -0.4 is 5.32 Å². The molecule has 0 radical (unpaired) electrons. The Morgan fingerprint density at radius 3 is 2.61 bits per heavy atom. The molecule has 0 aromatic carbocycles. The third-order valence-corrected chi connectivity index (χ3v) is 4.05. The van der Waals surface area contributed by atoms with E-state index in [1.807, 2.05) is 0 Å². The number of carbonyl (C=O) groups is 1. The first kappa shape index (κ1) is 15.8. The second-order valence-corrected chi connectivity index (χ2v) is 5.71. The smallest absolute Gasteiger partial charge is 0.393 e. The molecule has 0 spiro atoms. The molecular formula is C15H16F3N3O2. The largest absolute Gasteiger partial charge is 0.435 e. The Morgan fingerprint density at radius 1 is 1.26 bits per heavy atom. The molecule has 3 rings (SSSR count). The van der Waals surface area contributed by atoms with E-state index in [1.165, 1.54) is 12.3 Å². The van der Waals surface area contributed by atoms with E-state index in [9.17, 15) is 23.1 Å². The topological polar surface area (TPSA) is 66.6 Å². The monoisotopic (exact) mass is 327 g/mol. The van der Waals surface area contributed by atoms with Gasteiger partial charge < -0.3 is 10.4 Å². The van der Waals surface area contributed by atoms with Crippen LogP contribution in [0.1, 0.15) is 41.9 Å². The first-order valence-electron chi connectivity index (χ1n) is 7.39. The van der Waals surface area contributed by atoms with Crippen LogP contribution in [0.3, 0.4) is 0 Å². The average Bonchev–Trinajstić information content (AvgIpc) is 2.89. The summed E-state index contributed by atoms with van der Waals surface area (Å²) in [5.74, 6) is -0.794. The van der Waals surface area contributed by atoms with Crippen LogP contribution in [0.4, 0.5) is 13.2 Å². The molecule has 0 atom stereocenters. The van der Waals surface area contributed by atoms with Crippen molar-refractivity contribution >= 4 is 11.6 Å². The maximum Gasteiger partial charge on any atom is 0.435 e. The van der Waals surface area contributed by atoms with Crippen LogP contribution in [-0.4, -0.2) is 32.5 Å². The predicted octanol–water partition coefficient (Wildman–Crippen LogP) is 2.39. The Hall–Kier alpha value is -2.09. The van der Waals surface area contributed by atoms with Gasteiger partial charge >= 0.3 is 6.18 Å². The van der Waals surface area contributed by atoms with Crippen molar-refractivity contribution in [1.29, 1.82) is 0 Å². The van der Waals surface area contributed by atoms with Gasteiger partial charge in [0.15, 0.2) is 5.69 Å². The van der Waals surface area contributed by atoms with E-state index in [4.69, 9.17) is 0 Å². The molecule has 0 bridgehead atoms. The summed E-state index contributed by atoms with van der Waals surface area (Å²) in [7, 11) is 0. The number of aliphatic hydroxyl groups excluding tert-OH is 1. The van der Waals surface area contributed by atoms with Gasteiger partial charge in [0.25, 0.3) is 5.91 Å². The number of nitrogens with zero attached hydrogens (tertiary/aromatic N) is 2. The van der Waals surface area contributed by atoms with E-state index in [2.05, 4.69) is 10.3 Å². The van der Waals surface area contributed by atoms with Crippen LogP contribution in [0.15, 0.2) is 24.4 Å². The number of aliphatic hydroxyl groups is 1. The number of aromatic nitrogens is 2. The number of fused-ring (bicyclic) bond motifs is 1. The summed E-state index contributed by atoms with van der Waals surface area (Å²) in [4.78, 5) is 15.9. The van der Waals surface area contributed by atoms with Crippen molar-refractivity contribution in [3.05, 3.63) is 35.8 Å². The molecule has 0 saturated heterocycles. The first-order chi connectivity index (χ1) is 10.9. The van der Waals surface area contributed by atoms with Gasteiger partial charge in [-0.1, -0.05) is 6.07 Å². The highest BCUT2D eigenvalue weighted by molar-refractivity contribution is 5.95. The molecule has 2 aromatic heterocycles. The van der Waals surface area contributed by atoms with Crippen molar-refractivity contribution < 1.29 is 23.1 Å². The molecule has 1 saturated carbocycles. The number of pyridine rings is 1. The third-order valence-electron chi connectivity index (χ3n) is 4.05. The highest BCUT2D eigenvalue weighted by Crippen LogP contribution is 2.32. The molecule has 2 N–H and O–H groups in total. The molecule has 2 heterocycles. The van der Waals surface area contributed by atoms with E-state index in [1.54, 1.807) is 12.1 Å². The number of hydrogen-bond acceptors (Lipinski definition) is 3. The van der Waals surface area contributed by atoms with Crippen LogP contribution in [0, 0.1) is 0 Å². The van der Waals surface area contributed by atoms with Gasteiger partial charge in [-0.25, -0.2) is 4.98 Å². The molecule has 0 aliphatic heterocycles. The minimum Gasteiger partial charge on any atom is -0.393 e. The fraction of sp³-hybridized carbons (Fsp3) is 0.467. The fourth-order valence-corrected chi connectivity index (χ4v) is 2.88. The molecule has 1 fully saturated rings. The van der Waals surface area contributed by atoms with Crippen molar-refractivity contribution in [1.82, 2.24) is 14.7 Å². The van der Waals surface area contributed by atoms with E-state index in [-0.39, 0.29) is 11.7 Å². The number of rotatable bonds is 2. The summed E-state index contributed by atoms with van der Waals surface area (Å²) in [6.45, 7) is 0. The maximum absolute atomic E-state index is 13.2. The lowest BCUT2D eigenvalue weighted by molar-refractivity contribution is -0.141. The minimum absolute atomic E-state index is 0.0732. The van der Waals surface area contributed by atoms with Crippen molar-refractivity contribution in [3.8, 4) is 0 Å². The lowest BCUT2D eigenvalue weighted by Crippen LogP contribution is -2.39. The van der Waals surface area contributed by atoms with Gasteiger partial charge in [0.1, 0.15) is 11.3 Å². The zero-order valence-electron chi connectivity index (χ0n) is 12.2. The Bertz CT molecular complexity index is 718. The molecule has 0 unspecified atom stereocenters. The van der Waals surface area contributed by atoms with Crippen LogP contribution in [0.2, 0.25) is 0 Å². The van der Waals surface area contributed by atoms with Crippen LogP contribution in [0.25, 0.3) is 5.65 Å². The average molecular weight is 327 g/mol. The van der Waals surface area contributed by atoms with Crippen molar-refractivity contribution in [2.45, 2.75) is 44.0 Å². The van der Waals surface area contributed by atoms with Crippen LogP contribution >= 0.6 is 0 Å². The summed E-state index contributed by atoms with van der Waals surface area (Å²) in [6, 6.07) is 4.29. The number of carbonyl (C=O) groups excluding carboxylic acids is 1. The molecule has 5 nitrogen and oxygen atoms in total. The van der Waals surface area contributed by atoms with E-state index >= 15 is 0 Å². The normalized spacial score (nSPS) is 22.3. The lowest BCUT2D eigenvalue weighted by Gasteiger charge is -2.26. The highest BCUT2D eigenvalue weighted by atomic mass is 19.4. The van der Waals surface area contributed by atoms with E-state index in [0.717, 1.165) is 4.40 Å². The number of hydrogen-bond donors (Lipinski definition) is 2. The standard InChI is InChI=1S/C15H16F3N3O2/c16-15(17,18)13-12(21-8-2-1-3-11(21)20-13)14(23)19-9-4-6-10(22)7-5-9/h1-3,8-10,22H,4-7H2,(H,19,23). The molecule has 1 aliphatic rings. The first-order valence-corrected chi connectivity index (χ1v) is 7.39. The quantitative estimate of drug-likeness (QED) is 0.890. The Morgan fingerprint density at radius 2 is 1.96 bits per heavy atom. The zero-order valence-corrected chi connectivity index (χ0v) is 12.2. The molecule has 2 aromatic rings. The molecule has 1 amide bonds. The summed E-state index contributed by atoms with van der Waals surface area (Å²) in [6.07, 6.45) is -1.56. The molecular weight excluding hydrogens is 311 g/mol. The number of nitrogens with one attached hydrogen (secondary N) is 1. The minimum atomic E-state index is -4.71. The fourth-order valence-electron chi connectivity index (χ4n) is 2.88. The highest BCUT2D eigenvalue weighted by Gasteiger charge is 2.40. The Kier molecular flexibility index (Phi) is 4.01. The molecule has 8 heteroatoms. The summed E-state index contributed by atoms with van der Waals surface area (Å²) in [5.41, 5.74) is -1.61. The van der Waals surface area contributed by atoms with Crippen molar-refractivity contribution in [2.24, 2.45) is 0 Å². The maximum atomic E-state index is 13.2. The van der Waals surface area contributed by atoms with Gasteiger partial charge in [-0.3, -0.25) is 9.20 Å². The zero-order chi connectivity index (χ0) is 16.6. The van der Waals surface area contributed by atoms with Gasteiger partial charge in [-0.2, -0.15) is 13.2 Å². The van der Waals surface area contributed by atoms with Crippen LogP contribution in [0.5, 0.6) is 0 Å². The van der Waals surface area contributed by atoms with Crippen molar-refractivity contribution in [3.63, 3.8) is 0 Å². The second-order valence-electron chi connectivity index (χ2n) is 5.71. The van der Waals surface area contributed by atoms with Gasteiger partial charge in [0, 0.05) is 12.2 Å². The van der Waals surface area contributed by atoms with E-state index < -0.39 is 29.6 Å². The van der Waals surface area contributed by atoms with Gasteiger partial charge in [-0.15, -0.1) is 0 Å². The number of imidazole rings is 1. The SMILES string of the molecule is O=C(NC1CCC(O)CC1)c1c(C(F)(F)F)nc2ccccn12. The molecule has 1 aliphatic carbocycles. The Labute approximate surface area is 130 Å². The summed E-state index contributed by atoms with van der Waals surface area (Å²) < 4.78 is 40.7. The van der Waals surface area contributed by atoms with Gasteiger partial charge in [-0.05, 0) is 37.8 Å². The van der Waals surface area contributed by atoms with Gasteiger partial charge in [0.05, 0.1) is 6.10 Å². The summed E-state index contributed by atoms with van der Waals surface area (Å²) in [5, 5.41) is 12.1. The number of amides is 1. The van der Waals surface area contributed by atoms with Crippen molar-refractivity contribution in [2.75, 3.05) is 0 Å². The number of halogens is 3. The number of alkyl halides is 3. The van der Waals surface area contributed by atoms with Gasteiger partial charge in [0.2, 0.25) is 0 Å². The predicted molar refractivity (Wildman–Crippen MR) is 75.9 cm³/mol. The van der Waals surface area contributed by atoms with Crippen LogP contribution in [-0.2, 0) is 6.18 Å². The summed E-state index contributed by atoms with van der Waals surface area (Å²) >= 11 is 0. The third kappa shape index (κ3) is 3.17. The molecule has 23 heavy (non-hydrogen) atoms. The second kappa shape index (κ2) is 5.84. The Balaban J connectivity index is 1.93. The lowest BCUT2D eigenvalue weighted by atomic mass is 9.93.